The molecule has 1 amide bonds. The third-order valence-corrected chi connectivity index (χ3v) is 3.50. The monoisotopic (exact) mass is 293 g/mol. The standard InChI is InChI=1S/C17H15N3O2/c1-11(21)12-6-5-7-13(10-12)18-17(22)16-14-8-3-4-9-15(14)20(2)19-16/h3-10H,1-2H3,(H,18,22). The fourth-order valence-corrected chi connectivity index (χ4v) is 2.39. The van der Waals surface area contributed by atoms with Crippen LogP contribution in [0.3, 0.4) is 0 Å². The summed E-state index contributed by atoms with van der Waals surface area (Å²) in [6.07, 6.45) is 0. The molecule has 0 aliphatic heterocycles. The second-order valence-corrected chi connectivity index (χ2v) is 5.08. The normalized spacial score (nSPS) is 10.6. The topological polar surface area (TPSA) is 64.0 Å². The van der Waals surface area contributed by atoms with Crippen molar-refractivity contribution < 1.29 is 9.59 Å². The molecule has 0 saturated carbocycles. The summed E-state index contributed by atoms with van der Waals surface area (Å²) in [5, 5.41) is 7.87. The Morgan fingerprint density at radius 3 is 2.64 bits per heavy atom. The summed E-state index contributed by atoms with van der Waals surface area (Å²) in [5.41, 5.74) is 2.40. The first kappa shape index (κ1) is 14.0. The number of nitrogens with zero attached hydrogens (tertiary/aromatic N) is 2. The van der Waals surface area contributed by atoms with Gasteiger partial charge in [0, 0.05) is 23.7 Å². The second-order valence-electron chi connectivity index (χ2n) is 5.08. The van der Waals surface area contributed by atoms with Gasteiger partial charge in [0.15, 0.2) is 11.5 Å². The van der Waals surface area contributed by atoms with E-state index >= 15 is 0 Å². The molecule has 0 atom stereocenters. The Morgan fingerprint density at radius 1 is 1.09 bits per heavy atom. The summed E-state index contributed by atoms with van der Waals surface area (Å²) in [5.74, 6) is -0.336. The van der Waals surface area contributed by atoms with Crippen LogP contribution in [0.15, 0.2) is 48.5 Å². The Kier molecular flexibility index (Phi) is 3.47. The number of rotatable bonds is 3. The molecule has 0 aliphatic rings. The van der Waals surface area contributed by atoms with Crippen LogP contribution in [-0.4, -0.2) is 21.5 Å². The minimum Gasteiger partial charge on any atom is -0.321 e. The van der Waals surface area contributed by atoms with Crippen LogP contribution in [0.5, 0.6) is 0 Å². The van der Waals surface area contributed by atoms with E-state index in [2.05, 4.69) is 10.4 Å². The molecule has 0 fully saturated rings. The molecule has 2 aromatic carbocycles. The molecule has 0 unspecified atom stereocenters. The van der Waals surface area contributed by atoms with Crippen LogP contribution in [-0.2, 0) is 7.05 Å². The van der Waals surface area contributed by atoms with Gasteiger partial charge >= 0.3 is 0 Å². The number of aryl methyl sites for hydroxylation is 1. The van der Waals surface area contributed by atoms with Crippen LogP contribution >= 0.6 is 0 Å². The van der Waals surface area contributed by atoms with Gasteiger partial charge in [-0.25, -0.2) is 0 Å². The Labute approximate surface area is 127 Å². The minimum atomic E-state index is -0.294. The lowest BCUT2D eigenvalue weighted by molar-refractivity contribution is 0.100. The Bertz CT molecular complexity index is 880. The van der Waals surface area contributed by atoms with E-state index in [1.54, 1.807) is 36.0 Å². The van der Waals surface area contributed by atoms with E-state index in [-0.39, 0.29) is 11.7 Å². The summed E-state index contributed by atoms with van der Waals surface area (Å²) in [4.78, 5) is 23.9. The first-order chi connectivity index (χ1) is 10.6. The zero-order chi connectivity index (χ0) is 15.7. The van der Waals surface area contributed by atoms with E-state index in [1.165, 1.54) is 6.92 Å². The summed E-state index contributed by atoms with van der Waals surface area (Å²) in [7, 11) is 1.80. The molecule has 5 heteroatoms. The van der Waals surface area contributed by atoms with Gasteiger partial charge in [-0.1, -0.05) is 30.3 Å². The Morgan fingerprint density at radius 2 is 1.86 bits per heavy atom. The molecular weight excluding hydrogens is 278 g/mol. The number of hydrogen-bond acceptors (Lipinski definition) is 3. The number of ketones is 1. The van der Waals surface area contributed by atoms with E-state index in [9.17, 15) is 9.59 Å². The molecule has 1 N–H and O–H groups in total. The molecule has 0 aliphatic carbocycles. The van der Waals surface area contributed by atoms with Gasteiger partial charge in [0.2, 0.25) is 0 Å². The Hall–Kier alpha value is -2.95. The average Bonchev–Trinajstić information content (AvgIpc) is 2.85. The highest BCUT2D eigenvalue weighted by molar-refractivity contribution is 6.11. The zero-order valence-corrected chi connectivity index (χ0v) is 12.3. The lowest BCUT2D eigenvalue weighted by Gasteiger charge is -2.05. The van der Waals surface area contributed by atoms with Crippen molar-refractivity contribution in [2.45, 2.75) is 6.92 Å². The minimum absolute atomic E-state index is 0.0422. The molecule has 0 radical (unpaired) electrons. The number of hydrogen-bond donors (Lipinski definition) is 1. The molecule has 5 nitrogen and oxygen atoms in total. The van der Waals surface area contributed by atoms with Crippen molar-refractivity contribution in [1.82, 2.24) is 9.78 Å². The number of aromatic nitrogens is 2. The van der Waals surface area contributed by atoms with Crippen LogP contribution in [0.1, 0.15) is 27.8 Å². The van der Waals surface area contributed by atoms with Crippen LogP contribution in [0, 0.1) is 0 Å². The maximum Gasteiger partial charge on any atom is 0.276 e. The maximum atomic E-state index is 12.5. The molecule has 1 aromatic heterocycles. The fourth-order valence-electron chi connectivity index (χ4n) is 2.39. The molecule has 1 heterocycles. The lowest BCUT2D eigenvalue weighted by atomic mass is 10.1. The van der Waals surface area contributed by atoms with Crippen molar-refractivity contribution in [3.63, 3.8) is 0 Å². The summed E-state index contributed by atoms with van der Waals surface area (Å²) < 4.78 is 1.68. The Balaban J connectivity index is 1.94. The predicted molar refractivity (Wildman–Crippen MR) is 85.1 cm³/mol. The number of nitrogens with one attached hydrogen (secondary N) is 1. The molecule has 110 valence electrons. The number of anilines is 1. The maximum absolute atomic E-state index is 12.5. The molecule has 0 saturated heterocycles. The first-order valence-electron chi connectivity index (χ1n) is 6.90. The summed E-state index contributed by atoms with van der Waals surface area (Å²) >= 11 is 0. The van der Waals surface area contributed by atoms with Crippen LogP contribution in [0.25, 0.3) is 10.9 Å². The number of benzene rings is 2. The molecular formula is C17H15N3O2. The number of carbonyl (C=O) groups excluding carboxylic acids is 2. The van der Waals surface area contributed by atoms with Crippen molar-refractivity contribution in [2.24, 2.45) is 7.05 Å². The van der Waals surface area contributed by atoms with Gasteiger partial charge < -0.3 is 5.32 Å². The molecule has 0 bridgehead atoms. The second kappa shape index (κ2) is 5.44. The number of fused-ring (bicyclic) bond motifs is 1. The quantitative estimate of drug-likeness (QED) is 0.755. The van der Waals surface area contributed by atoms with E-state index in [4.69, 9.17) is 0 Å². The summed E-state index contributed by atoms with van der Waals surface area (Å²) in [6, 6.07) is 14.4. The average molecular weight is 293 g/mol. The fraction of sp³-hybridized carbons (Fsp3) is 0.118. The van der Waals surface area contributed by atoms with Crippen molar-refractivity contribution in [3.05, 3.63) is 59.8 Å². The number of amides is 1. The number of para-hydroxylation sites is 1. The van der Waals surface area contributed by atoms with Gasteiger partial charge in [-0.15, -0.1) is 0 Å². The van der Waals surface area contributed by atoms with Gasteiger partial charge in [-0.3, -0.25) is 14.3 Å². The van der Waals surface area contributed by atoms with Gasteiger partial charge in [-0.2, -0.15) is 5.10 Å². The van der Waals surface area contributed by atoms with Crippen LogP contribution < -0.4 is 5.32 Å². The van der Waals surface area contributed by atoms with Crippen molar-refractivity contribution in [1.29, 1.82) is 0 Å². The highest BCUT2D eigenvalue weighted by Gasteiger charge is 2.16. The highest BCUT2D eigenvalue weighted by Crippen LogP contribution is 2.19. The predicted octanol–water partition coefficient (Wildman–Crippen LogP) is 3.03. The van der Waals surface area contributed by atoms with Crippen LogP contribution in [0.4, 0.5) is 5.69 Å². The lowest BCUT2D eigenvalue weighted by Crippen LogP contribution is -2.13. The third-order valence-electron chi connectivity index (χ3n) is 3.50. The molecule has 22 heavy (non-hydrogen) atoms. The number of carbonyl (C=O) groups is 2. The molecule has 3 aromatic rings. The van der Waals surface area contributed by atoms with Crippen molar-refractivity contribution >= 4 is 28.3 Å². The van der Waals surface area contributed by atoms with E-state index in [1.807, 2.05) is 24.3 Å². The van der Waals surface area contributed by atoms with Crippen LogP contribution in [0.2, 0.25) is 0 Å². The van der Waals surface area contributed by atoms with Gasteiger partial charge in [0.1, 0.15) is 0 Å². The van der Waals surface area contributed by atoms with E-state index < -0.39 is 0 Å². The first-order valence-corrected chi connectivity index (χ1v) is 6.90. The zero-order valence-electron chi connectivity index (χ0n) is 12.3. The third kappa shape index (κ3) is 2.48. The smallest absolute Gasteiger partial charge is 0.276 e. The van der Waals surface area contributed by atoms with E-state index in [0.29, 0.717) is 16.9 Å². The SMILES string of the molecule is CC(=O)c1cccc(NC(=O)c2nn(C)c3ccccc23)c1. The van der Waals surface area contributed by atoms with Crippen molar-refractivity contribution in [3.8, 4) is 0 Å². The van der Waals surface area contributed by atoms with Gasteiger partial charge in [0.25, 0.3) is 5.91 Å². The summed E-state index contributed by atoms with van der Waals surface area (Å²) in [6.45, 7) is 1.49. The van der Waals surface area contributed by atoms with Crippen molar-refractivity contribution in [2.75, 3.05) is 5.32 Å². The highest BCUT2D eigenvalue weighted by atomic mass is 16.2. The molecule has 0 spiro atoms. The number of Topliss-reactive ketones (excluding diaryl/α,β-unsaturated/α-hetero) is 1. The molecule has 3 rings (SSSR count). The largest absolute Gasteiger partial charge is 0.321 e. The van der Waals surface area contributed by atoms with Gasteiger partial charge in [-0.05, 0) is 25.1 Å². The van der Waals surface area contributed by atoms with Gasteiger partial charge in [0.05, 0.1) is 5.52 Å². The van der Waals surface area contributed by atoms with E-state index in [0.717, 1.165) is 10.9 Å².